The summed E-state index contributed by atoms with van der Waals surface area (Å²) in [7, 11) is 0. The van der Waals surface area contributed by atoms with Gasteiger partial charge in [-0.3, -0.25) is 9.59 Å². The van der Waals surface area contributed by atoms with Crippen molar-refractivity contribution < 1.29 is 37.8 Å². The number of aliphatic hydroxyl groups is 1. The van der Waals surface area contributed by atoms with Crippen molar-refractivity contribution in [3.05, 3.63) is 99.8 Å². The fourth-order valence-corrected chi connectivity index (χ4v) is 4.02. The predicted molar refractivity (Wildman–Crippen MR) is 150 cm³/mol. The average Bonchev–Trinajstić information content (AvgIpc) is 3.41. The van der Waals surface area contributed by atoms with Gasteiger partial charge < -0.3 is 25.8 Å². The van der Waals surface area contributed by atoms with Crippen LogP contribution in [0.1, 0.15) is 16.7 Å². The standard InChI is InChI=1S/C26H24Cl2N4O3.C2HF3O2/c27-20-7-6-17(11-21(20)28)12-22(32-26(35)23(33)13-16-4-2-1-3-5-16)25(34)31-15-18-10-19-8-9-29-24(19)30-14-18;3-2(4,5)1(6)7/h1-11,14,22-23,33H,12-13,15H2,(H,29,30)(H,31,34)(H,32,35);(H,6,7)/t22-,23+;/m0./s1. The molecule has 2 atom stereocenters. The Balaban J connectivity index is 0.000000616. The molecule has 0 fully saturated rings. The summed E-state index contributed by atoms with van der Waals surface area (Å²) >= 11 is 12.1. The number of aromatic amines is 1. The fourth-order valence-electron chi connectivity index (χ4n) is 3.70. The van der Waals surface area contributed by atoms with Gasteiger partial charge in [-0.2, -0.15) is 13.2 Å². The lowest BCUT2D eigenvalue weighted by Crippen LogP contribution is -2.51. The topological polar surface area (TPSA) is 144 Å². The first-order valence-electron chi connectivity index (χ1n) is 12.3. The van der Waals surface area contributed by atoms with Crippen molar-refractivity contribution in [1.29, 1.82) is 0 Å². The Kier molecular flexibility index (Phi) is 11.3. The number of amides is 2. The molecule has 2 aromatic heterocycles. The van der Waals surface area contributed by atoms with Crippen molar-refractivity contribution in [2.45, 2.75) is 37.7 Å². The molecule has 2 aromatic carbocycles. The Hall–Kier alpha value is -4.13. The number of fused-ring (bicyclic) bond motifs is 1. The van der Waals surface area contributed by atoms with Crippen LogP contribution in [0, 0.1) is 0 Å². The number of carbonyl (C=O) groups excluding carboxylic acids is 2. The Morgan fingerprint density at radius 2 is 1.60 bits per heavy atom. The minimum Gasteiger partial charge on any atom is -0.475 e. The lowest BCUT2D eigenvalue weighted by molar-refractivity contribution is -0.192. The molecule has 0 spiro atoms. The van der Waals surface area contributed by atoms with Crippen molar-refractivity contribution in [2.75, 3.05) is 0 Å². The molecule has 14 heteroatoms. The van der Waals surface area contributed by atoms with E-state index in [-0.39, 0.29) is 19.4 Å². The van der Waals surface area contributed by atoms with E-state index < -0.39 is 36.1 Å². The van der Waals surface area contributed by atoms with Crippen LogP contribution < -0.4 is 10.6 Å². The minimum atomic E-state index is -5.08. The SMILES string of the molecule is O=C(N[C@@H](Cc1ccc(Cl)c(Cl)c1)C(=O)NCc1cnc2[nH]ccc2c1)[C@H](O)Cc1ccccc1.O=C(O)C(F)(F)F. The second-order valence-corrected chi connectivity index (χ2v) is 9.81. The van der Waals surface area contributed by atoms with Gasteiger partial charge in [-0.1, -0.05) is 59.6 Å². The third-order valence-electron chi connectivity index (χ3n) is 5.80. The largest absolute Gasteiger partial charge is 0.490 e. The van der Waals surface area contributed by atoms with Gasteiger partial charge in [0.15, 0.2) is 0 Å². The number of carboxylic acid groups (broad SMARTS) is 1. The molecule has 2 amide bonds. The zero-order chi connectivity index (χ0) is 30.9. The quantitative estimate of drug-likeness (QED) is 0.186. The van der Waals surface area contributed by atoms with E-state index in [2.05, 4.69) is 20.6 Å². The fraction of sp³-hybridized carbons (Fsp3) is 0.214. The van der Waals surface area contributed by atoms with E-state index in [1.165, 1.54) is 0 Å². The molecule has 42 heavy (non-hydrogen) atoms. The van der Waals surface area contributed by atoms with E-state index in [4.69, 9.17) is 33.1 Å². The highest BCUT2D eigenvalue weighted by molar-refractivity contribution is 6.42. The number of H-pyrrole nitrogens is 1. The molecular weight excluding hydrogens is 600 g/mol. The van der Waals surface area contributed by atoms with E-state index in [9.17, 15) is 27.9 Å². The van der Waals surface area contributed by atoms with Gasteiger partial charge in [0.2, 0.25) is 11.8 Å². The lowest BCUT2D eigenvalue weighted by Gasteiger charge is -2.21. The maximum Gasteiger partial charge on any atom is 0.490 e. The molecule has 0 radical (unpaired) electrons. The second kappa shape index (κ2) is 14.7. The van der Waals surface area contributed by atoms with Gasteiger partial charge in [0.05, 0.1) is 10.0 Å². The molecule has 4 rings (SSSR count). The number of aliphatic carboxylic acids is 1. The maximum absolute atomic E-state index is 13.1. The Morgan fingerprint density at radius 3 is 2.24 bits per heavy atom. The second-order valence-electron chi connectivity index (χ2n) is 9.00. The Bertz CT molecular complexity index is 1530. The highest BCUT2D eigenvalue weighted by atomic mass is 35.5. The lowest BCUT2D eigenvalue weighted by atomic mass is 10.0. The maximum atomic E-state index is 13.1. The molecule has 0 unspecified atom stereocenters. The molecule has 4 aromatic rings. The molecular formula is C28H25Cl2F3N4O5. The molecule has 0 aliphatic carbocycles. The summed E-state index contributed by atoms with van der Waals surface area (Å²) in [5, 5.41) is 24.8. The molecule has 5 N–H and O–H groups in total. The molecule has 222 valence electrons. The number of carboxylic acids is 1. The number of alkyl halides is 3. The summed E-state index contributed by atoms with van der Waals surface area (Å²) in [6.45, 7) is 0.229. The number of hydrogen-bond acceptors (Lipinski definition) is 5. The smallest absolute Gasteiger partial charge is 0.475 e. The van der Waals surface area contributed by atoms with Crippen molar-refractivity contribution in [3.8, 4) is 0 Å². The molecule has 9 nitrogen and oxygen atoms in total. The van der Waals surface area contributed by atoms with Crippen LogP contribution in [-0.4, -0.2) is 56.3 Å². The van der Waals surface area contributed by atoms with Crippen LogP contribution in [-0.2, 0) is 33.8 Å². The van der Waals surface area contributed by atoms with Crippen molar-refractivity contribution in [3.63, 3.8) is 0 Å². The van der Waals surface area contributed by atoms with Gasteiger partial charge >= 0.3 is 12.1 Å². The van der Waals surface area contributed by atoms with Crippen LogP contribution in [0.15, 0.2) is 73.1 Å². The van der Waals surface area contributed by atoms with Crippen molar-refractivity contribution in [1.82, 2.24) is 20.6 Å². The van der Waals surface area contributed by atoms with E-state index in [0.29, 0.717) is 15.6 Å². The van der Waals surface area contributed by atoms with Gasteiger partial charge in [0, 0.05) is 37.2 Å². The minimum absolute atomic E-state index is 0.135. The average molecular weight is 625 g/mol. The third kappa shape index (κ3) is 9.75. The molecule has 0 saturated heterocycles. The van der Waals surface area contributed by atoms with Gasteiger partial charge in [-0.25, -0.2) is 9.78 Å². The third-order valence-corrected chi connectivity index (χ3v) is 6.54. The van der Waals surface area contributed by atoms with Crippen LogP contribution in [0.25, 0.3) is 11.0 Å². The highest BCUT2D eigenvalue weighted by Gasteiger charge is 2.38. The summed E-state index contributed by atoms with van der Waals surface area (Å²) in [5.74, 6) is -3.79. The number of benzene rings is 2. The first-order chi connectivity index (χ1) is 19.8. The number of nitrogens with zero attached hydrogens (tertiary/aromatic N) is 1. The summed E-state index contributed by atoms with van der Waals surface area (Å²) in [6, 6.07) is 17.1. The van der Waals surface area contributed by atoms with Gasteiger partial charge in [0.25, 0.3) is 0 Å². The summed E-state index contributed by atoms with van der Waals surface area (Å²) in [5.41, 5.74) is 3.10. The number of pyridine rings is 1. The Labute approximate surface area is 247 Å². The number of halogens is 5. The zero-order valence-corrected chi connectivity index (χ0v) is 23.2. The van der Waals surface area contributed by atoms with Gasteiger partial charge in [-0.15, -0.1) is 0 Å². The van der Waals surface area contributed by atoms with Crippen LogP contribution in [0.5, 0.6) is 0 Å². The van der Waals surface area contributed by atoms with Gasteiger partial charge in [-0.05, 0) is 41.0 Å². The van der Waals surface area contributed by atoms with Crippen molar-refractivity contribution >= 4 is 52.0 Å². The van der Waals surface area contributed by atoms with Crippen LogP contribution in [0.2, 0.25) is 10.0 Å². The zero-order valence-electron chi connectivity index (χ0n) is 21.7. The molecule has 2 heterocycles. The number of rotatable bonds is 9. The molecule has 0 aliphatic heterocycles. The summed E-state index contributed by atoms with van der Waals surface area (Å²) in [4.78, 5) is 42.1. The number of nitrogens with one attached hydrogen (secondary N) is 3. The number of hydrogen-bond donors (Lipinski definition) is 5. The van der Waals surface area contributed by atoms with Gasteiger partial charge in [0.1, 0.15) is 17.8 Å². The molecule has 0 bridgehead atoms. The molecule has 0 saturated carbocycles. The number of carbonyl (C=O) groups is 3. The first-order valence-corrected chi connectivity index (χ1v) is 13.0. The van der Waals surface area contributed by atoms with Crippen LogP contribution in [0.4, 0.5) is 13.2 Å². The molecule has 0 aliphatic rings. The normalized spacial score (nSPS) is 12.5. The summed E-state index contributed by atoms with van der Waals surface area (Å²) in [6.07, 6.45) is -2.61. The highest BCUT2D eigenvalue weighted by Crippen LogP contribution is 2.23. The monoisotopic (exact) mass is 624 g/mol. The predicted octanol–water partition coefficient (Wildman–Crippen LogP) is 4.45. The van der Waals surface area contributed by atoms with Crippen LogP contribution in [0.3, 0.4) is 0 Å². The van der Waals surface area contributed by atoms with E-state index >= 15 is 0 Å². The number of aliphatic hydroxyl groups excluding tert-OH is 1. The van der Waals surface area contributed by atoms with Crippen LogP contribution >= 0.6 is 23.2 Å². The van der Waals surface area contributed by atoms with E-state index in [1.807, 2.05) is 42.5 Å². The van der Waals surface area contributed by atoms with Crippen molar-refractivity contribution in [2.24, 2.45) is 0 Å². The number of aromatic nitrogens is 2. The summed E-state index contributed by atoms with van der Waals surface area (Å²) < 4.78 is 31.7. The van der Waals surface area contributed by atoms with E-state index in [0.717, 1.165) is 22.2 Å². The Morgan fingerprint density at radius 1 is 0.905 bits per heavy atom. The van der Waals surface area contributed by atoms with E-state index in [1.54, 1.807) is 30.6 Å². The first kappa shape index (κ1) is 32.4.